The molecule has 61 heavy (non-hydrogen) atoms. The Kier molecular flexibility index (Phi) is 10.7. The molecular formula is C48H38N4NiO8. The number of benzene rings is 4. The zero-order valence-electron chi connectivity index (χ0n) is 33.2. The number of aromatic hydroxyl groups is 4. The van der Waals surface area contributed by atoms with Gasteiger partial charge in [0.1, 0.15) is 0 Å². The van der Waals surface area contributed by atoms with Crippen molar-refractivity contribution in [2.75, 3.05) is 28.4 Å². The maximum atomic E-state index is 10.9. The molecule has 0 fully saturated rings. The third-order valence-corrected chi connectivity index (χ3v) is 10.5. The molecule has 0 unspecified atom stereocenters. The molecule has 9 rings (SSSR count). The minimum Gasteiger partial charge on any atom is -0.504 e. The SMILES string of the molecule is COc1cc(C2=Cc3cc4ccc(cc5nc(cc6[nH]c(c(-c7ccc(O)c(OC)c7)c2n3)c(-c2ccc(O)c(OC)c2)c6-c2ccc(O)c(OC)c2)C=C5)[nH]4)ccc1O.[Ni]. The first-order valence-corrected chi connectivity index (χ1v) is 18.8. The van der Waals surface area contributed by atoms with Crippen molar-refractivity contribution < 1.29 is 55.9 Å². The molecule has 0 saturated carbocycles. The van der Waals surface area contributed by atoms with Crippen LogP contribution in [0.2, 0.25) is 0 Å². The Balaban J connectivity index is 0.00000514. The molecule has 7 aromatic rings. The molecule has 0 saturated heterocycles. The maximum absolute atomic E-state index is 10.9. The van der Waals surface area contributed by atoms with E-state index in [9.17, 15) is 20.4 Å². The van der Waals surface area contributed by atoms with Gasteiger partial charge in [0.2, 0.25) is 0 Å². The monoisotopic (exact) mass is 856 g/mol. The van der Waals surface area contributed by atoms with Crippen molar-refractivity contribution in [1.29, 1.82) is 0 Å². The van der Waals surface area contributed by atoms with E-state index in [1.54, 1.807) is 72.8 Å². The van der Waals surface area contributed by atoms with Gasteiger partial charge in [-0.15, -0.1) is 0 Å². The summed E-state index contributed by atoms with van der Waals surface area (Å²) in [5, 5.41) is 43.2. The smallest absolute Gasteiger partial charge is 0.161 e. The number of aromatic amines is 2. The third kappa shape index (κ3) is 7.36. The summed E-state index contributed by atoms with van der Waals surface area (Å²) in [5.41, 5.74) is 10.8. The molecule has 0 aliphatic carbocycles. The first kappa shape index (κ1) is 40.2. The van der Waals surface area contributed by atoms with Crippen LogP contribution in [0, 0.1) is 0 Å². The second kappa shape index (κ2) is 16.2. The molecule has 2 aliphatic rings. The third-order valence-electron chi connectivity index (χ3n) is 10.5. The number of hydrogen-bond donors (Lipinski definition) is 6. The zero-order chi connectivity index (χ0) is 41.7. The van der Waals surface area contributed by atoms with Crippen molar-refractivity contribution in [2.24, 2.45) is 0 Å². The van der Waals surface area contributed by atoms with Crippen molar-refractivity contribution in [3.8, 4) is 79.4 Å². The number of phenols is 4. The number of hydrogen-bond acceptors (Lipinski definition) is 10. The number of methoxy groups -OCH3 is 4. The van der Waals surface area contributed by atoms with Crippen molar-refractivity contribution in [2.45, 2.75) is 0 Å². The molecule has 8 bridgehead atoms. The fraction of sp³-hybridized carbons (Fsp3) is 0.0833. The second-order valence-corrected chi connectivity index (χ2v) is 14.1. The van der Waals surface area contributed by atoms with Gasteiger partial charge in [-0.05, 0) is 119 Å². The Hall–Kier alpha value is -7.63. The van der Waals surface area contributed by atoms with Gasteiger partial charge < -0.3 is 49.3 Å². The second-order valence-electron chi connectivity index (χ2n) is 14.1. The zero-order valence-corrected chi connectivity index (χ0v) is 34.2. The number of nitrogens with zero attached hydrogens (tertiary/aromatic N) is 2. The van der Waals surface area contributed by atoms with E-state index in [0.717, 1.165) is 16.7 Å². The molecule has 0 radical (unpaired) electrons. The summed E-state index contributed by atoms with van der Waals surface area (Å²) in [6.07, 6.45) is 5.84. The Morgan fingerprint density at radius 3 is 1.41 bits per heavy atom. The van der Waals surface area contributed by atoms with E-state index in [-0.39, 0.29) is 62.5 Å². The molecule has 5 heterocycles. The minimum absolute atomic E-state index is 0. The molecule has 3 aromatic heterocycles. The summed E-state index contributed by atoms with van der Waals surface area (Å²) >= 11 is 0. The van der Waals surface area contributed by atoms with Gasteiger partial charge in [-0.1, -0.05) is 24.3 Å². The summed E-state index contributed by atoms with van der Waals surface area (Å²) in [4.78, 5) is 17.5. The molecule has 6 N–H and O–H groups in total. The van der Waals surface area contributed by atoms with Crippen molar-refractivity contribution in [1.82, 2.24) is 19.9 Å². The first-order chi connectivity index (χ1) is 29.1. The molecule has 13 heteroatoms. The fourth-order valence-corrected chi connectivity index (χ4v) is 7.69. The summed E-state index contributed by atoms with van der Waals surface area (Å²) < 4.78 is 22.5. The molecule has 0 amide bonds. The number of ether oxygens (including phenoxy) is 4. The van der Waals surface area contributed by atoms with Crippen LogP contribution in [-0.2, 0) is 16.5 Å². The molecule has 308 valence electrons. The average molecular weight is 858 g/mol. The molecule has 12 nitrogen and oxygen atoms in total. The van der Waals surface area contributed by atoms with E-state index in [0.29, 0.717) is 72.6 Å². The van der Waals surface area contributed by atoms with Crippen LogP contribution in [0.4, 0.5) is 0 Å². The van der Waals surface area contributed by atoms with Crippen LogP contribution in [0.1, 0.15) is 28.3 Å². The fourth-order valence-electron chi connectivity index (χ4n) is 7.69. The molecule has 2 aliphatic heterocycles. The van der Waals surface area contributed by atoms with Crippen molar-refractivity contribution >= 4 is 45.9 Å². The first-order valence-electron chi connectivity index (χ1n) is 18.8. The van der Waals surface area contributed by atoms with Crippen molar-refractivity contribution in [3.05, 3.63) is 131 Å². The normalized spacial score (nSPS) is 11.8. The van der Waals surface area contributed by atoms with Crippen LogP contribution < -0.4 is 18.9 Å². The number of phenolic OH excluding ortho intramolecular Hbond substituents is 4. The van der Waals surface area contributed by atoms with E-state index in [1.807, 2.05) is 48.6 Å². The van der Waals surface area contributed by atoms with Gasteiger partial charge in [0, 0.05) is 55.3 Å². The predicted octanol–water partition coefficient (Wildman–Crippen LogP) is 9.93. The number of aromatic nitrogens is 4. The molecule has 0 spiro atoms. The van der Waals surface area contributed by atoms with Crippen LogP contribution in [0.25, 0.3) is 79.2 Å². The molecular weight excluding hydrogens is 819 g/mol. The summed E-state index contributed by atoms with van der Waals surface area (Å²) in [7, 11) is 5.96. The standard InChI is InChI=1S/C48H38N4O8.Ni/c1-57-40-17-25(5-13-36(40)53)34-23-33-22-31-10-9-29(49-31)21-30-11-12-32(50-30)24-35-44(26-6-14-37(54)41(18-26)58-2)45(27-7-15-38(55)42(19-27)59-3)48(52-35)46(47(34)51-33)28-8-16-39(56)43(20-28)60-4;/h5-24,49,52-56H,1-4H3;. The topological polar surface area (TPSA) is 175 Å². The Morgan fingerprint density at radius 2 is 0.885 bits per heavy atom. The maximum Gasteiger partial charge on any atom is 0.161 e. The Bertz CT molecular complexity index is 3110. The van der Waals surface area contributed by atoms with E-state index >= 15 is 0 Å². The summed E-state index contributed by atoms with van der Waals surface area (Å²) in [5.74, 6) is 0.860. The van der Waals surface area contributed by atoms with Crippen molar-refractivity contribution in [3.63, 3.8) is 0 Å². The van der Waals surface area contributed by atoms with Gasteiger partial charge in [0.05, 0.1) is 56.7 Å². The van der Waals surface area contributed by atoms with E-state index in [2.05, 4.69) is 9.97 Å². The van der Waals surface area contributed by atoms with Gasteiger partial charge in [-0.3, -0.25) is 0 Å². The van der Waals surface area contributed by atoms with Crippen LogP contribution in [0.15, 0.2) is 103 Å². The summed E-state index contributed by atoms with van der Waals surface area (Å²) in [6, 6.07) is 30.3. The molecule has 4 aromatic carbocycles. The van der Waals surface area contributed by atoms with Gasteiger partial charge in [-0.2, -0.15) is 0 Å². The largest absolute Gasteiger partial charge is 0.504 e. The van der Waals surface area contributed by atoms with Crippen LogP contribution in [-0.4, -0.2) is 68.8 Å². The van der Waals surface area contributed by atoms with Crippen LogP contribution in [0.5, 0.6) is 46.0 Å². The van der Waals surface area contributed by atoms with Crippen LogP contribution >= 0.6 is 0 Å². The Labute approximate surface area is 359 Å². The van der Waals surface area contributed by atoms with Gasteiger partial charge in [0.25, 0.3) is 0 Å². The van der Waals surface area contributed by atoms with Gasteiger partial charge in [0.15, 0.2) is 46.0 Å². The van der Waals surface area contributed by atoms with E-state index in [4.69, 9.17) is 28.9 Å². The van der Waals surface area contributed by atoms with Crippen LogP contribution in [0.3, 0.4) is 0 Å². The minimum atomic E-state index is -0.0543. The number of H-pyrrole nitrogens is 2. The van der Waals surface area contributed by atoms with Gasteiger partial charge >= 0.3 is 0 Å². The predicted molar refractivity (Wildman–Crippen MR) is 233 cm³/mol. The average Bonchev–Trinajstić information content (AvgIpc) is 4.07. The number of rotatable bonds is 8. The molecule has 0 atom stereocenters. The summed E-state index contributed by atoms with van der Waals surface area (Å²) in [6.45, 7) is 0. The number of fused-ring (bicyclic) bond motifs is 8. The van der Waals surface area contributed by atoms with E-state index < -0.39 is 0 Å². The number of nitrogens with one attached hydrogen (secondary N) is 2. The van der Waals surface area contributed by atoms with Gasteiger partial charge in [-0.25, -0.2) is 9.97 Å². The van der Waals surface area contributed by atoms with E-state index in [1.165, 1.54) is 28.4 Å². The quantitative estimate of drug-likeness (QED) is 0.0807. The Morgan fingerprint density at radius 1 is 0.443 bits per heavy atom.